The average Bonchev–Trinajstić information content (AvgIpc) is 3.29. The Labute approximate surface area is 139 Å². The Balaban J connectivity index is 1.68. The number of ether oxygens (including phenoxy) is 1. The number of aromatic nitrogens is 5. The maximum atomic E-state index is 6.21. The molecule has 0 aliphatic heterocycles. The summed E-state index contributed by atoms with van der Waals surface area (Å²) in [6, 6.07) is 6.05. The molecule has 24 heavy (non-hydrogen) atoms. The van der Waals surface area contributed by atoms with E-state index in [2.05, 4.69) is 20.5 Å². The first-order valence-electron chi connectivity index (χ1n) is 8.17. The Morgan fingerprint density at radius 2 is 2.08 bits per heavy atom. The van der Waals surface area contributed by atoms with E-state index < -0.39 is 0 Å². The molecule has 1 aromatic carbocycles. The highest BCUT2D eigenvalue weighted by Crippen LogP contribution is 2.33. The van der Waals surface area contributed by atoms with Crippen molar-refractivity contribution in [2.24, 2.45) is 7.05 Å². The zero-order valence-corrected chi connectivity index (χ0v) is 13.8. The molecule has 0 atom stereocenters. The van der Waals surface area contributed by atoms with Crippen LogP contribution in [-0.4, -0.2) is 31.2 Å². The molecular weight excluding hydrogens is 306 g/mol. The third-order valence-corrected chi connectivity index (χ3v) is 4.33. The van der Waals surface area contributed by atoms with E-state index in [1.165, 1.54) is 12.8 Å². The van der Waals surface area contributed by atoms with Gasteiger partial charge in [-0.05, 0) is 50.3 Å². The Kier molecular flexibility index (Phi) is 3.76. The number of benzene rings is 1. The van der Waals surface area contributed by atoms with Gasteiger partial charge in [-0.2, -0.15) is 4.98 Å². The summed E-state index contributed by atoms with van der Waals surface area (Å²) in [4.78, 5) is 4.49. The fourth-order valence-corrected chi connectivity index (χ4v) is 3.02. The minimum Gasteiger partial charge on any atom is -0.490 e. The van der Waals surface area contributed by atoms with E-state index in [4.69, 9.17) is 9.26 Å². The molecule has 2 heterocycles. The SMILES string of the molecule is Cc1ccc(-c2noc(-c3cnnn3C)n2)c(OC2CCCC2)c1. The fraction of sp³-hybridized carbons (Fsp3) is 0.412. The van der Waals surface area contributed by atoms with Gasteiger partial charge in [-0.1, -0.05) is 16.4 Å². The quantitative estimate of drug-likeness (QED) is 0.733. The molecule has 1 aliphatic rings. The van der Waals surface area contributed by atoms with Crippen molar-refractivity contribution in [2.45, 2.75) is 38.7 Å². The van der Waals surface area contributed by atoms with Gasteiger partial charge in [0.15, 0.2) is 0 Å². The Bertz CT molecular complexity index is 848. The van der Waals surface area contributed by atoms with Crippen LogP contribution in [0.5, 0.6) is 5.75 Å². The van der Waals surface area contributed by atoms with E-state index in [1.807, 2.05) is 25.1 Å². The molecule has 2 aromatic heterocycles. The molecule has 0 radical (unpaired) electrons. The first-order valence-corrected chi connectivity index (χ1v) is 8.17. The van der Waals surface area contributed by atoms with Gasteiger partial charge in [-0.25, -0.2) is 4.68 Å². The summed E-state index contributed by atoms with van der Waals surface area (Å²) in [5.41, 5.74) is 2.67. The van der Waals surface area contributed by atoms with Crippen LogP contribution in [0.3, 0.4) is 0 Å². The molecule has 0 bridgehead atoms. The van der Waals surface area contributed by atoms with Crippen molar-refractivity contribution >= 4 is 0 Å². The van der Waals surface area contributed by atoms with Gasteiger partial charge in [0.2, 0.25) is 5.82 Å². The highest BCUT2D eigenvalue weighted by molar-refractivity contribution is 5.66. The molecule has 7 nitrogen and oxygen atoms in total. The third-order valence-electron chi connectivity index (χ3n) is 4.33. The van der Waals surface area contributed by atoms with E-state index in [0.29, 0.717) is 17.4 Å². The summed E-state index contributed by atoms with van der Waals surface area (Å²) in [7, 11) is 1.78. The lowest BCUT2D eigenvalue weighted by molar-refractivity contribution is 0.210. The highest BCUT2D eigenvalue weighted by Gasteiger charge is 2.21. The van der Waals surface area contributed by atoms with Crippen LogP contribution in [0, 0.1) is 6.92 Å². The van der Waals surface area contributed by atoms with Crippen LogP contribution in [-0.2, 0) is 7.05 Å². The second kappa shape index (κ2) is 6.07. The van der Waals surface area contributed by atoms with Gasteiger partial charge < -0.3 is 9.26 Å². The maximum absolute atomic E-state index is 6.21. The summed E-state index contributed by atoms with van der Waals surface area (Å²) in [6.45, 7) is 2.05. The van der Waals surface area contributed by atoms with Crippen molar-refractivity contribution in [2.75, 3.05) is 0 Å². The average molecular weight is 325 g/mol. The largest absolute Gasteiger partial charge is 0.490 e. The molecule has 124 valence electrons. The highest BCUT2D eigenvalue weighted by atomic mass is 16.5. The van der Waals surface area contributed by atoms with Crippen molar-refractivity contribution in [1.29, 1.82) is 0 Å². The molecule has 0 amide bonds. The molecule has 3 aromatic rings. The zero-order valence-electron chi connectivity index (χ0n) is 13.8. The summed E-state index contributed by atoms with van der Waals surface area (Å²) >= 11 is 0. The predicted molar refractivity (Wildman–Crippen MR) is 87.4 cm³/mol. The van der Waals surface area contributed by atoms with Crippen molar-refractivity contribution in [3.63, 3.8) is 0 Å². The molecule has 0 N–H and O–H groups in total. The van der Waals surface area contributed by atoms with Gasteiger partial charge in [0.05, 0.1) is 17.9 Å². The number of hydrogen-bond acceptors (Lipinski definition) is 6. The number of aryl methyl sites for hydroxylation is 2. The molecule has 1 saturated carbocycles. The van der Waals surface area contributed by atoms with Crippen molar-refractivity contribution in [1.82, 2.24) is 25.1 Å². The minimum absolute atomic E-state index is 0.276. The molecule has 1 aliphatic carbocycles. The van der Waals surface area contributed by atoms with E-state index >= 15 is 0 Å². The Hall–Kier alpha value is -2.70. The third kappa shape index (κ3) is 2.77. The molecule has 0 spiro atoms. The van der Waals surface area contributed by atoms with E-state index in [9.17, 15) is 0 Å². The monoisotopic (exact) mass is 325 g/mol. The Morgan fingerprint density at radius 1 is 1.25 bits per heavy atom. The van der Waals surface area contributed by atoms with Crippen LogP contribution in [0.1, 0.15) is 31.2 Å². The molecule has 1 fully saturated rings. The summed E-state index contributed by atoms with van der Waals surface area (Å²) in [6.07, 6.45) is 6.54. The lowest BCUT2D eigenvalue weighted by Crippen LogP contribution is -2.11. The van der Waals surface area contributed by atoms with Crippen molar-refractivity contribution < 1.29 is 9.26 Å². The topological polar surface area (TPSA) is 78.9 Å². The molecule has 0 unspecified atom stereocenters. The number of rotatable bonds is 4. The predicted octanol–water partition coefficient (Wildman–Crippen LogP) is 3.16. The summed E-state index contributed by atoms with van der Waals surface area (Å²) < 4.78 is 13.2. The molecule has 0 saturated heterocycles. The molecule has 4 rings (SSSR count). The second-order valence-corrected chi connectivity index (χ2v) is 6.19. The van der Waals surface area contributed by atoms with Gasteiger partial charge in [0.1, 0.15) is 11.4 Å². The number of nitrogens with zero attached hydrogens (tertiary/aromatic N) is 5. The number of hydrogen-bond donors (Lipinski definition) is 0. The van der Waals surface area contributed by atoms with Crippen molar-refractivity contribution in [3.8, 4) is 28.7 Å². The van der Waals surface area contributed by atoms with Crippen molar-refractivity contribution in [3.05, 3.63) is 30.0 Å². The van der Waals surface area contributed by atoms with E-state index in [-0.39, 0.29) is 6.10 Å². The maximum Gasteiger partial charge on any atom is 0.278 e. The lowest BCUT2D eigenvalue weighted by atomic mass is 10.1. The normalized spacial score (nSPS) is 15.1. The van der Waals surface area contributed by atoms with Crippen LogP contribution in [0.4, 0.5) is 0 Å². The van der Waals surface area contributed by atoms with Gasteiger partial charge in [-0.15, -0.1) is 5.10 Å². The molecular formula is C17H19N5O2. The second-order valence-electron chi connectivity index (χ2n) is 6.19. The van der Waals surface area contributed by atoms with Gasteiger partial charge in [-0.3, -0.25) is 0 Å². The minimum atomic E-state index is 0.276. The summed E-state index contributed by atoms with van der Waals surface area (Å²) in [5, 5.41) is 11.8. The van der Waals surface area contributed by atoms with E-state index in [0.717, 1.165) is 29.7 Å². The van der Waals surface area contributed by atoms with Crippen LogP contribution < -0.4 is 4.74 Å². The Morgan fingerprint density at radius 3 is 2.83 bits per heavy atom. The van der Waals surface area contributed by atoms with E-state index in [1.54, 1.807) is 17.9 Å². The van der Waals surface area contributed by atoms with Gasteiger partial charge >= 0.3 is 0 Å². The molecule has 7 heteroatoms. The zero-order chi connectivity index (χ0) is 16.5. The first kappa shape index (κ1) is 14.9. The smallest absolute Gasteiger partial charge is 0.278 e. The first-order chi connectivity index (χ1) is 11.7. The fourth-order valence-electron chi connectivity index (χ4n) is 3.02. The summed E-state index contributed by atoms with van der Waals surface area (Å²) in [5.74, 6) is 1.72. The standard InChI is InChI=1S/C17H19N5O2/c1-11-7-8-13(15(9-11)23-12-5-3-4-6-12)16-19-17(24-20-16)14-10-18-21-22(14)2/h7-10,12H,3-6H2,1-2H3. The van der Waals surface area contributed by atoms with Crippen LogP contribution in [0.15, 0.2) is 28.9 Å². The van der Waals surface area contributed by atoms with Gasteiger partial charge in [0.25, 0.3) is 5.89 Å². The van der Waals surface area contributed by atoms with Crippen LogP contribution in [0.25, 0.3) is 23.0 Å². The van der Waals surface area contributed by atoms with Crippen LogP contribution >= 0.6 is 0 Å². The van der Waals surface area contributed by atoms with Gasteiger partial charge in [0, 0.05) is 7.05 Å². The lowest BCUT2D eigenvalue weighted by Gasteiger charge is -2.15. The van der Waals surface area contributed by atoms with Crippen LogP contribution in [0.2, 0.25) is 0 Å².